The molecule has 1 aliphatic carbocycles. The minimum absolute atomic E-state index is 0.0342. The molecule has 1 saturated carbocycles. The van der Waals surface area contributed by atoms with Gasteiger partial charge in [0.05, 0.1) is 27.6 Å². The van der Waals surface area contributed by atoms with E-state index in [9.17, 15) is 19.7 Å². The van der Waals surface area contributed by atoms with Gasteiger partial charge in [-0.3, -0.25) is 14.9 Å². The smallest absolute Gasteiger partial charge is 0.335 e. The number of hydrogen-bond acceptors (Lipinski definition) is 7. The highest BCUT2D eigenvalue weighted by molar-refractivity contribution is 9.10. The summed E-state index contributed by atoms with van der Waals surface area (Å²) in [6.07, 6.45) is 6.35. The van der Waals surface area contributed by atoms with Crippen LogP contribution < -0.4 is 10.3 Å². The van der Waals surface area contributed by atoms with Crippen molar-refractivity contribution in [2.45, 2.75) is 44.6 Å². The molecule has 0 spiro atoms. The summed E-state index contributed by atoms with van der Waals surface area (Å²) in [4.78, 5) is 41.1. The molecule has 1 fully saturated rings. The third-order valence-corrected chi connectivity index (χ3v) is 7.91. The maximum atomic E-state index is 13.7. The predicted octanol–water partition coefficient (Wildman–Crippen LogP) is 7.04. The second-order valence-corrected chi connectivity index (χ2v) is 11.6. The highest BCUT2D eigenvalue weighted by atomic mass is 79.9. The highest BCUT2D eigenvalue weighted by Gasteiger charge is 2.24. The molecule has 1 N–H and O–H groups in total. The Hall–Kier alpha value is -3.90. The molecule has 1 aromatic heterocycles. The lowest BCUT2D eigenvalue weighted by Gasteiger charge is -2.22. The number of nitro groups is 1. The van der Waals surface area contributed by atoms with Crippen LogP contribution in [0.3, 0.4) is 0 Å². The Balaban J connectivity index is 1.58. The van der Waals surface area contributed by atoms with Crippen molar-refractivity contribution in [3.63, 3.8) is 0 Å². The van der Waals surface area contributed by atoms with Crippen LogP contribution in [0.1, 0.15) is 65.3 Å². The molecule has 12 heteroatoms. The van der Waals surface area contributed by atoms with Crippen LogP contribution in [0, 0.1) is 10.1 Å². The summed E-state index contributed by atoms with van der Waals surface area (Å²) in [7, 11) is 0. The first-order valence-corrected chi connectivity index (χ1v) is 14.5. The molecular formula is C29H24Br2N4O6. The summed E-state index contributed by atoms with van der Waals surface area (Å²) in [5.74, 6) is -0.472. The summed E-state index contributed by atoms with van der Waals surface area (Å²) in [5, 5.41) is 26.0. The Morgan fingerprint density at radius 3 is 2.51 bits per heavy atom. The molecule has 10 nitrogen and oxygen atoms in total. The monoisotopic (exact) mass is 682 g/mol. The molecular weight excluding hydrogens is 660 g/mol. The summed E-state index contributed by atoms with van der Waals surface area (Å²) >= 11 is 6.75. The van der Waals surface area contributed by atoms with Crippen LogP contribution >= 0.6 is 31.9 Å². The molecule has 0 radical (unpaired) electrons. The van der Waals surface area contributed by atoms with Crippen molar-refractivity contribution in [2.24, 2.45) is 5.10 Å². The van der Waals surface area contributed by atoms with E-state index in [1.807, 2.05) is 6.07 Å². The summed E-state index contributed by atoms with van der Waals surface area (Å²) < 4.78 is 8.38. The van der Waals surface area contributed by atoms with Gasteiger partial charge in [0.25, 0.3) is 5.56 Å². The van der Waals surface area contributed by atoms with E-state index in [1.54, 1.807) is 30.3 Å². The van der Waals surface area contributed by atoms with Gasteiger partial charge in [0.2, 0.25) is 5.75 Å². The lowest BCUT2D eigenvalue weighted by Crippen LogP contribution is -2.25. The van der Waals surface area contributed by atoms with Gasteiger partial charge < -0.3 is 9.84 Å². The summed E-state index contributed by atoms with van der Waals surface area (Å²) in [6.45, 7) is -0.0535. The van der Waals surface area contributed by atoms with E-state index in [4.69, 9.17) is 14.8 Å². The maximum Gasteiger partial charge on any atom is 0.335 e. The first kappa shape index (κ1) is 28.6. The number of nitro benzene ring substituents is 1. The predicted molar refractivity (Wildman–Crippen MR) is 161 cm³/mol. The van der Waals surface area contributed by atoms with E-state index in [2.05, 4.69) is 37.0 Å². The van der Waals surface area contributed by atoms with Gasteiger partial charge >= 0.3 is 11.7 Å². The van der Waals surface area contributed by atoms with E-state index < -0.39 is 10.9 Å². The van der Waals surface area contributed by atoms with Crippen LogP contribution in [0.5, 0.6) is 5.75 Å². The molecule has 0 aliphatic heterocycles. The summed E-state index contributed by atoms with van der Waals surface area (Å²) in [5.41, 5.74) is 0.981. The Bertz CT molecular complexity index is 1730. The number of ether oxygens (including phenoxy) is 1. The topological polar surface area (TPSA) is 137 Å². The Morgan fingerprint density at radius 2 is 1.83 bits per heavy atom. The van der Waals surface area contributed by atoms with Crippen LogP contribution in [0.25, 0.3) is 10.9 Å². The Kier molecular flexibility index (Phi) is 8.60. The number of rotatable bonds is 8. The normalized spacial score (nSPS) is 14.0. The van der Waals surface area contributed by atoms with Crippen molar-refractivity contribution < 1.29 is 19.6 Å². The number of hydrogen-bond donors (Lipinski definition) is 1. The first-order chi connectivity index (χ1) is 19.7. The van der Waals surface area contributed by atoms with Crippen LogP contribution in [-0.2, 0) is 6.61 Å². The standard InChI is InChI=1S/C29H24Br2N4O6/c30-21-10-11-24-23(13-21)28(36)34(27(33-24)18-4-2-1-3-5-18)32-15-20-12-22(31)14-25(35(39)40)26(20)41-16-17-6-8-19(9-7-17)29(37)38/h6-15,18H,1-5,16H2,(H,37,38). The second kappa shape index (κ2) is 12.3. The fourth-order valence-electron chi connectivity index (χ4n) is 4.91. The number of benzene rings is 3. The molecule has 4 aromatic rings. The largest absolute Gasteiger partial charge is 0.481 e. The zero-order chi connectivity index (χ0) is 29.1. The van der Waals surface area contributed by atoms with E-state index in [1.165, 1.54) is 29.1 Å². The number of nitrogens with zero attached hydrogens (tertiary/aromatic N) is 4. The maximum absolute atomic E-state index is 13.7. The highest BCUT2D eigenvalue weighted by Crippen LogP contribution is 2.35. The van der Waals surface area contributed by atoms with Crippen molar-refractivity contribution in [1.82, 2.24) is 9.66 Å². The van der Waals surface area contributed by atoms with Gasteiger partial charge in [0, 0.05) is 26.5 Å². The number of halogens is 2. The van der Waals surface area contributed by atoms with Crippen molar-refractivity contribution in [3.05, 3.63) is 107 Å². The average Bonchev–Trinajstić information content (AvgIpc) is 2.96. The molecule has 0 amide bonds. The molecule has 0 unspecified atom stereocenters. The quantitative estimate of drug-likeness (QED) is 0.120. The molecule has 0 saturated heterocycles. The Morgan fingerprint density at radius 1 is 1.10 bits per heavy atom. The van der Waals surface area contributed by atoms with Crippen molar-refractivity contribution in [2.75, 3.05) is 0 Å². The fourth-order valence-corrected chi connectivity index (χ4v) is 5.73. The molecule has 5 rings (SSSR count). The summed E-state index contributed by atoms with van der Waals surface area (Å²) in [6, 6.07) is 14.3. The van der Waals surface area contributed by atoms with Crippen LogP contribution in [-0.4, -0.2) is 31.9 Å². The van der Waals surface area contributed by atoms with Gasteiger partial charge in [-0.05, 0) is 54.8 Å². The molecule has 41 heavy (non-hydrogen) atoms. The second-order valence-electron chi connectivity index (χ2n) is 9.72. The fraction of sp³-hybridized carbons (Fsp3) is 0.241. The van der Waals surface area contributed by atoms with E-state index in [0.717, 1.165) is 36.6 Å². The van der Waals surface area contributed by atoms with Crippen LogP contribution in [0.2, 0.25) is 0 Å². The zero-order valence-corrected chi connectivity index (χ0v) is 24.8. The minimum atomic E-state index is -1.06. The van der Waals surface area contributed by atoms with Gasteiger partial charge in [-0.25, -0.2) is 9.78 Å². The Labute approximate surface area is 251 Å². The lowest BCUT2D eigenvalue weighted by molar-refractivity contribution is -0.386. The molecule has 1 heterocycles. The van der Waals surface area contributed by atoms with Crippen molar-refractivity contribution in [1.29, 1.82) is 0 Å². The number of carboxylic acid groups (broad SMARTS) is 1. The van der Waals surface area contributed by atoms with Crippen molar-refractivity contribution >= 4 is 60.6 Å². The third kappa shape index (κ3) is 6.38. The molecule has 1 aliphatic rings. The number of aromatic carboxylic acids is 1. The van der Waals surface area contributed by atoms with Gasteiger partial charge in [0.15, 0.2) is 0 Å². The number of fused-ring (bicyclic) bond motifs is 1. The minimum Gasteiger partial charge on any atom is -0.481 e. The van der Waals surface area contributed by atoms with E-state index >= 15 is 0 Å². The van der Waals surface area contributed by atoms with Crippen LogP contribution in [0.15, 0.2) is 73.4 Å². The molecule has 0 bridgehead atoms. The van der Waals surface area contributed by atoms with Gasteiger partial charge in [-0.15, -0.1) is 0 Å². The third-order valence-electron chi connectivity index (χ3n) is 6.96. The lowest BCUT2D eigenvalue weighted by atomic mass is 9.88. The van der Waals surface area contributed by atoms with Gasteiger partial charge in [-0.2, -0.15) is 9.78 Å². The SMILES string of the molecule is O=C(O)c1ccc(COc2c(C=Nn3c(C4CCCCC4)nc4ccc(Br)cc4c3=O)cc(Br)cc2[N+](=O)[O-])cc1. The molecule has 210 valence electrons. The number of aromatic nitrogens is 2. The van der Waals surface area contributed by atoms with Crippen molar-refractivity contribution in [3.8, 4) is 5.75 Å². The van der Waals surface area contributed by atoms with Crippen LogP contribution in [0.4, 0.5) is 5.69 Å². The van der Waals surface area contributed by atoms with E-state index in [0.29, 0.717) is 26.8 Å². The molecule has 0 atom stereocenters. The average molecular weight is 684 g/mol. The number of carbonyl (C=O) groups is 1. The van der Waals surface area contributed by atoms with Gasteiger partial charge in [0.1, 0.15) is 12.4 Å². The van der Waals surface area contributed by atoms with Gasteiger partial charge in [-0.1, -0.05) is 63.3 Å². The van der Waals surface area contributed by atoms with E-state index in [-0.39, 0.29) is 40.6 Å². The molecule has 3 aromatic carbocycles. The first-order valence-electron chi connectivity index (χ1n) is 12.9. The zero-order valence-electron chi connectivity index (χ0n) is 21.6. The number of carboxylic acids is 1.